The molecular weight excluding hydrogens is 317 g/mol. The SMILES string of the molecule is O=C(C1CCS(=O)(=O)CC1)N1CCCCC1c1ccc(F)cc1. The van der Waals surface area contributed by atoms with E-state index < -0.39 is 9.84 Å². The van der Waals surface area contributed by atoms with Crippen molar-refractivity contribution in [3.8, 4) is 0 Å². The van der Waals surface area contributed by atoms with Crippen molar-refractivity contribution in [3.63, 3.8) is 0 Å². The van der Waals surface area contributed by atoms with E-state index in [0.29, 0.717) is 19.4 Å². The van der Waals surface area contributed by atoms with Crippen molar-refractivity contribution >= 4 is 15.7 Å². The van der Waals surface area contributed by atoms with E-state index in [0.717, 1.165) is 24.8 Å². The summed E-state index contributed by atoms with van der Waals surface area (Å²) in [5, 5.41) is 0. The third kappa shape index (κ3) is 3.74. The number of carbonyl (C=O) groups is 1. The molecule has 2 heterocycles. The minimum Gasteiger partial charge on any atom is -0.335 e. The van der Waals surface area contributed by atoms with E-state index in [2.05, 4.69) is 0 Å². The van der Waals surface area contributed by atoms with Gasteiger partial charge in [0.25, 0.3) is 0 Å². The van der Waals surface area contributed by atoms with Gasteiger partial charge < -0.3 is 4.90 Å². The maximum atomic E-state index is 13.1. The monoisotopic (exact) mass is 339 g/mol. The highest BCUT2D eigenvalue weighted by atomic mass is 32.2. The summed E-state index contributed by atoms with van der Waals surface area (Å²) in [5.74, 6) is -0.190. The number of hydrogen-bond donors (Lipinski definition) is 0. The normalized spacial score (nSPS) is 25.3. The largest absolute Gasteiger partial charge is 0.335 e. The second kappa shape index (κ2) is 6.59. The topological polar surface area (TPSA) is 54.5 Å². The smallest absolute Gasteiger partial charge is 0.226 e. The molecule has 4 nitrogen and oxygen atoms in total. The number of rotatable bonds is 2. The first-order chi connectivity index (χ1) is 11.0. The molecule has 0 aromatic heterocycles. The fourth-order valence-electron chi connectivity index (χ4n) is 3.60. The molecule has 23 heavy (non-hydrogen) atoms. The quantitative estimate of drug-likeness (QED) is 0.832. The lowest BCUT2D eigenvalue weighted by Crippen LogP contribution is -2.44. The highest BCUT2D eigenvalue weighted by Gasteiger charge is 2.35. The molecule has 6 heteroatoms. The van der Waals surface area contributed by atoms with Crippen LogP contribution in [0.1, 0.15) is 43.7 Å². The van der Waals surface area contributed by atoms with Crippen LogP contribution in [-0.2, 0) is 14.6 Å². The van der Waals surface area contributed by atoms with Crippen LogP contribution in [0.25, 0.3) is 0 Å². The molecule has 2 aliphatic rings. The number of likely N-dealkylation sites (tertiary alicyclic amines) is 1. The van der Waals surface area contributed by atoms with Crippen LogP contribution < -0.4 is 0 Å². The second-order valence-corrected chi connectivity index (χ2v) is 8.82. The van der Waals surface area contributed by atoms with Crippen molar-refractivity contribution in [1.82, 2.24) is 4.90 Å². The highest BCUT2D eigenvalue weighted by Crippen LogP contribution is 2.34. The summed E-state index contributed by atoms with van der Waals surface area (Å²) in [5.41, 5.74) is 0.961. The molecule has 0 saturated carbocycles. The summed E-state index contributed by atoms with van der Waals surface area (Å²) in [4.78, 5) is 14.8. The molecule has 0 radical (unpaired) electrons. The van der Waals surface area contributed by atoms with Gasteiger partial charge in [-0.05, 0) is 49.8 Å². The third-order valence-corrected chi connectivity index (χ3v) is 6.66. The van der Waals surface area contributed by atoms with Crippen LogP contribution in [0.2, 0.25) is 0 Å². The van der Waals surface area contributed by atoms with Crippen molar-refractivity contribution in [3.05, 3.63) is 35.6 Å². The predicted molar refractivity (Wildman–Crippen MR) is 86.1 cm³/mol. The molecule has 1 amide bonds. The first-order valence-electron chi connectivity index (χ1n) is 8.23. The molecule has 0 spiro atoms. The highest BCUT2D eigenvalue weighted by molar-refractivity contribution is 7.91. The number of carbonyl (C=O) groups excluding carboxylic acids is 1. The minimum atomic E-state index is -2.96. The lowest BCUT2D eigenvalue weighted by molar-refractivity contribution is -0.139. The van der Waals surface area contributed by atoms with Gasteiger partial charge in [0, 0.05) is 12.5 Å². The Morgan fingerprint density at radius 2 is 1.70 bits per heavy atom. The Morgan fingerprint density at radius 1 is 1.04 bits per heavy atom. The summed E-state index contributed by atoms with van der Waals surface area (Å²) >= 11 is 0. The molecule has 1 aromatic carbocycles. The number of nitrogens with zero attached hydrogens (tertiary/aromatic N) is 1. The molecule has 2 saturated heterocycles. The standard InChI is InChI=1S/C17H22FNO3S/c18-15-6-4-13(5-7-15)16-3-1-2-10-19(16)17(20)14-8-11-23(21,22)12-9-14/h4-7,14,16H,1-3,8-12H2. The average Bonchev–Trinajstić information content (AvgIpc) is 2.55. The second-order valence-electron chi connectivity index (χ2n) is 6.52. The number of amides is 1. The number of benzene rings is 1. The Balaban J connectivity index is 1.76. The molecule has 0 N–H and O–H groups in total. The minimum absolute atomic E-state index is 0.0182. The fourth-order valence-corrected chi connectivity index (χ4v) is 5.09. The molecule has 0 bridgehead atoms. The Morgan fingerprint density at radius 3 is 2.35 bits per heavy atom. The van der Waals surface area contributed by atoms with Crippen molar-refractivity contribution < 1.29 is 17.6 Å². The molecule has 2 fully saturated rings. The molecule has 1 atom stereocenters. The van der Waals surface area contributed by atoms with Gasteiger partial charge in [0.15, 0.2) is 0 Å². The first kappa shape index (κ1) is 16.4. The zero-order chi connectivity index (χ0) is 16.4. The van der Waals surface area contributed by atoms with Crippen molar-refractivity contribution in [2.75, 3.05) is 18.1 Å². The van der Waals surface area contributed by atoms with E-state index in [1.807, 2.05) is 4.90 Å². The zero-order valence-electron chi connectivity index (χ0n) is 13.1. The van der Waals surface area contributed by atoms with E-state index in [1.165, 1.54) is 12.1 Å². The predicted octanol–water partition coefficient (Wildman–Crippen LogP) is 2.70. The summed E-state index contributed by atoms with van der Waals surface area (Å²) in [6, 6.07) is 6.34. The number of hydrogen-bond acceptors (Lipinski definition) is 3. The molecule has 1 unspecified atom stereocenters. The third-order valence-electron chi connectivity index (χ3n) is 4.94. The molecule has 2 aliphatic heterocycles. The van der Waals surface area contributed by atoms with Gasteiger partial charge in [0.05, 0.1) is 17.5 Å². The van der Waals surface area contributed by atoms with Gasteiger partial charge in [-0.3, -0.25) is 4.79 Å². The maximum Gasteiger partial charge on any atom is 0.226 e. The zero-order valence-corrected chi connectivity index (χ0v) is 13.9. The van der Waals surface area contributed by atoms with Gasteiger partial charge in [-0.25, -0.2) is 12.8 Å². The summed E-state index contributed by atoms with van der Waals surface area (Å²) in [7, 11) is -2.96. The van der Waals surface area contributed by atoms with Crippen LogP contribution in [0.15, 0.2) is 24.3 Å². The van der Waals surface area contributed by atoms with Crippen molar-refractivity contribution in [2.45, 2.75) is 38.1 Å². The molecule has 1 aromatic rings. The van der Waals surface area contributed by atoms with Gasteiger partial charge >= 0.3 is 0 Å². The Labute approximate surface area is 136 Å². The van der Waals surface area contributed by atoms with E-state index >= 15 is 0 Å². The van der Waals surface area contributed by atoms with Crippen molar-refractivity contribution in [1.29, 1.82) is 0 Å². The average molecular weight is 339 g/mol. The maximum absolute atomic E-state index is 13.1. The van der Waals surface area contributed by atoms with Gasteiger partial charge in [0.2, 0.25) is 5.91 Å². The molecular formula is C17H22FNO3S. The lowest BCUT2D eigenvalue weighted by atomic mass is 9.92. The lowest BCUT2D eigenvalue weighted by Gasteiger charge is -2.39. The van der Waals surface area contributed by atoms with Crippen LogP contribution in [0.3, 0.4) is 0 Å². The van der Waals surface area contributed by atoms with Crippen molar-refractivity contribution in [2.24, 2.45) is 5.92 Å². The van der Waals surface area contributed by atoms with Crippen LogP contribution in [0, 0.1) is 11.7 Å². The van der Waals surface area contributed by atoms with E-state index in [1.54, 1.807) is 12.1 Å². The molecule has 3 rings (SSSR count). The summed E-state index contributed by atoms with van der Waals surface area (Å²) < 4.78 is 36.2. The molecule has 0 aliphatic carbocycles. The van der Waals surface area contributed by atoms with Crippen LogP contribution in [0.4, 0.5) is 4.39 Å². The Bertz CT molecular complexity index is 658. The Hall–Kier alpha value is -1.43. The Kier molecular flexibility index (Phi) is 4.71. The molecule has 126 valence electrons. The van der Waals surface area contributed by atoms with Crippen LogP contribution in [0.5, 0.6) is 0 Å². The van der Waals surface area contributed by atoms with E-state index in [-0.39, 0.29) is 35.2 Å². The number of sulfone groups is 1. The van der Waals surface area contributed by atoms with E-state index in [9.17, 15) is 17.6 Å². The van der Waals surface area contributed by atoms with Gasteiger partial charge in [-0.15, -0.1) is 0 Å². The fraction of sp³-hybridized carbons (Fsp3) is 0.588. The number of halogens is 1. The van der Waals surface area contributed by atoms with Gasteiger partial charge in [-0.2, -0.15) is 0 Å². The summed E-state index contributed by atoms with van der Waals surface area (Å²) in [6.07, 6.45) is 3.74. The van der Waals surface area contributed by atoms with Gasteiger partial charge in [0.1, 0.15) is 15.7 Å². The van der Waals surface area contributed by atoms with E-state index in [4.69, 9.17) is 0 Å². The van der Waals surface area contributed by atoms with Crippen LogP contribution >= 0.6 is 0 Å². The van der Waals surface area contributed by atoms with Gasteiger partial charge in [-0.1, -0.05) is 12.1 Å². The van der Waals surface area contributed by atoms with Crippen LogP contribution in [-0.4, -0.2) is 37.3 Å². The summed E-state index contributed by atoms with van der Waals surface area (Å²) in [6.45, 7) is 0.699. The number of piperidine rings is 1. The first-order valence-corrected chi connectivity index (χ1v) is 10.0.